The Morgan fingerprint density at radius 2 is 2.00 bits per heavy atom. The summed E-state index contributed by atoms with van der Waals surface area (Å²) in [6.45, 7) is 1.67. The van der Waals surface area contributed by atoms with Gasteiger partial charge in [-0.1, -0.05) is 0 Å². The van der Waals surface area contributed by atoms with Crippen molar-refractivity contribution >= 4 is 11.9 Å². The van der Waals surface area contributed by atoms with E-state index in [1.54, 1.807) is 19.1 Å². The summed E-state index contributed by atoms with van der Waals surface area (Å²) in [7, 11) is 2.81. The highest BCUT2D eigenvalue weighted by Crippen LogP contribution is 2.53. The van der Waals surface area contributed by atoms with E-state index >= 15 is 0 Å². The fraction of sp³-hybridized carbons (Fsp3) is 0.320. The molecule has 12 nitrogen and oxygen atoms in total. The van der Waals surface area contributed by atoms with Gasteiger partial charge in [-0.05, 0) is 25.1 Å². The number of benzene rings is 1. The summed E-state index contributed by atoms with van der Waals surface area (Å²) in [5.41, 5.74) is -0.923. The molecule has 2 aromatic heterocycles. The van der Waals surface area contributed by atoms with E-state index in [0.29, 0.717) is 17.1 Å². The van der Waals surface area contributed by atoms with Gasteiger partial charge in [0.1, 0.15) is 17.1 Å². The summed E-state index contributed by atoms with van der Waals surface area (Å²) < 4.78 is 32.4. The van der Waals surface area contributed by atoms with Crippen molar-refractivity contribution in [3.8, 4) is 28.7 Å². The summed E-state index contributed by atoms with van der Waals surface area (Å²) in [5, 5.41) is 13.8. The lowest BCUT2D eigenvalue weighted by molar-refractivity contribution is -0.121. The van der Waals surface area contributed by atoms with Gasteiger partial charge in [0.25, 0.3) is 5.56 Å². The zero-order valence-electron chi connectivity index (χ0n) is 20.4. The SMILES string of the molecule is CCOC(=O)c1c[nH]c(=O)c([C@@H](CC(=O)NCc2ccco2)c2cc(OC)c3c(c2OC)OCO3)c1O. The highest BCUT2D eigenvalue weighted by molar-refractivity contribution is 5.92. The Labute approximate surface area is 211 Å². The molecule has 1 aromatic carbocycles. The maximum absolute atomic E-state index is 13.1. The van der Waals surface area contributed by atoms with Crippen molar-refractivity contribution in [2.24, 2.45) is 0 Å². The smallest absolute Gasteiger partial charge is 0.343 e. The average molecular weight is 514 g/mol. The Morgan fingerprint density at radius 3 is 2.68 bits per heavy atom. The molecule has 4 rings (SSSR count). The molecule has 0 radical (unpaired) electrons. The topological polar surface area (TPSA) is 159 Å². The van der Waals surface area contributed by atoms with Gasteiger partial charge in [-0.25, -0.2) is 4.79 Å². The molecule has 196 valence electrons. The number of furan rings is 1. The first-order valence-electron chi connectivity index (χ1n) is 11.3. The number of aromatic hydroxyl groups is 1. The number of methoxy groups -OCH3 is 2. The minimum atomic E-state index is -1.10. The standard InChI is InChI=1S/C25H26N2O10/c1-4-34-25(31)16-11-27-24(30)19(20(16)29)14(9-18(28)26-10-13-6-5-7-35-13)15-8-17(32-2)22-23(21(15)33-3)37-12-36-22/h5-8,11,14H,4,9-10,12H2,1-3H3,(H,26,28)(H2,27,29,30)/t14-/m0/s1. The molecule has 3 heterocycles. The summed E-state index contributed by atoms with van der Waals surface area (Å²) in [6, 6.07) is 4.92. The van der Waals surface area contributed by atoms with Crippen LogP contribution in [0.5, 0.6) is 28.7 Å². The van der Waals surface area contributed by atoms with Gasteiger partial charge >= 0.3 is 5.97 Å². The van der Waals surface area contributed by atoms with Crippen LogP contribution in [-0.2, 0) is 16.1 Å². The average Bonchev–Trinajstić information content (AvgIpc) is 3.58. The summed E-state index contributed by atoms with van der Waals surface area (Å²) in [5.74, 6) is -1.55. The number of nitrogens with one attached hydrogen (secondary N) is 2. The lowest BCUT2D eigenvalue weighted by atomic mass is 9.86. The Hall–Kier alpha value is -4.61. The highest BCUT2D eigenvalue weighted by atomic mass is 16.7. The molecule has 1 aliphatic rings. The van der Waals surface area contributed by atoms with E-state index in [1.807, 2.05) is 0 Å². The molecule has 0 unspecified atom stereocenters. The fourth-order valence-electron chi connectivity index (χ4n) is 4.10. The van der Waals surface area contributed by atoms with Crippen LogP contribution in [0.2, 0.25) is 0 Å². The predicted octanol–water partition coefficient (Wildman–Crippen LogP) is 2.43. The second-order valence-corrected chi connectivity index (χ2v) is 7.89. The Bertz CT molecular complexity index is 1350. The van der Waals surface area contributed by atoms with Crippen LogP contribution in [0.15, 0.2) is 39.9 Å². The normalized spacial score (nSPS) is 12.6. The number of amides is 1. The van der Waals surface area contributed by atoms with Crippen LogP contribution in [0.1, 0.15) is 46.5 Å². The van der Waals surface area contributed by atoms with Gasteiger partial charge in [-0.3, -0.25) is 9.59 Å². The van der Waals surface area contributed by atoms with Gasteiger partial charge in [-0.2, -0.15) is 0 Å². The van der Waals surface area contributed by atoms with Gasteiger partial charge < -0.3 is 43.5 Å². The highest BCUT2D eigenvalue weighted by Gasteiger charge is 2.35. The molecular weight excluding hydrogens is 488 g/mol. The molecule has 0 spiro atoms. The van der Waals surface area contributed by atoms with Crippen LogP contribution in [0.3, 0.4) is 0 Å². The zero-order chi connectivity index (χ0) is 26.5. The van der Waals surface area contributed by atoms with E-state index in [0.717, 1.165) is 6.20 Å². The third-order valence-corrected chi connectivity index (χ3v) is 5.77. The van der Waals surface area contributed by atoms with Crippen molar-refractivity contribution in [2.75, 3.05) is 27.6 Å². The fourth-order valence-corrected chi connectivity index (χ4v) is 4.10. The lowest BCUT2D eigenvalue weighted by Gasteiger charge is -2.22. The molecule has 12 heteroatoms. The molecule has 37 heavy (non-hydrogen) atoms. The molecular formula is C25H26N2O10. The number of aromatic nitrogens is 1. The summed E-state index contributed by atoms with van der Waals surface area (Å²) in [6.07, 6.45) is 2.22. The number of hydrogen-bond acceptors (Lipinski definition) is 10. The monoisotopic (exact) mass is 514 g/mol. The molecule has 1 amide bonds. The first-order valence-corrected chi connectivity index (χ1v) is 11.3. The van der Waals surface area contributed by atoms with E-state index in [9.17, 15) is 19.5 Å². The predicted molar refractivity (Wildman–Crippen MR) is 127 cm³/mol. The van der Waals surface area contributed by atoms with Crippen molar-refractivity contribution in [3.05, 3.63) is 63.5 Å². The van der Waals surface area contributed by atoms with E-state index in [1.165, 1.54) is 26.5 Å². The van der Waals surface area contributed by atoms with Gasteiger partial charge in [0.2, 0.25) is 24.2 Å². The quantitative estimate of drug-likeness (QED) is 0.343. The maximum Gasteiger partial charge on any atom is 0.343 e. The second-order valence-electron chi connectivity index (χ2n) is 7.89. The van der Waals surface area contributed by atoms with Crippen molar-refractivity contribution in [1.82, 2.24) is 10.3 Å². The van der Waals surface area contributed by atoms with Crippen LogP contribution >= 0.6 is 0 Å². The zero-order valence-corrected chi connectivity index (χ0v) is 20.4. The number of aromatic amines is 1. The minimum absolute atomic E-state index is 0.0541. The molecule has 0 saturated heterocycles. The molecule has 3 aromatic rings. The molecule has 3 N–H and O–H groups in total. The first kappa shape index (κ1) is 25.5. The van der Waals surface area contributed by atoms with Crippen molar-refractivity contribution in [2.45, 2.75) is 25.8 Å². The maximum atomic E-state index is 13.1. The number of rotatable bonds is 10. The van der Waals surface area contributed by atoms with Crippen LogP contribution in [0.25, 0.3) is 0 Å². The number of fused-ring (bicyclic) bond motifs is 1. The first-order chi connectivity index (χ1) is 17.9. The minimum Gasteiger partial charge on any atom is -0.506 e. The molecule has 0 aliphatic carbocycles. The van der Waals surface area contributed by atoms with Crippen LogP contribution in [-0.4, -0.2) is 49.6 Å². The van der Waals surface area contributed by atoms with Gasteiger partial charge in [0, 0.05) is 24.1 Å². The van der Waals surface area contributed by atoms with E-state index in [2.05, 4.69) is 10.3 Å². The number of carbonyl (C=O) groups is 2. The third-order valence-electron chi connectivity index (χ3n) is 5.77. The molecule has 1 atom stereocenters. The number of ether oxygens (including phenoxy) is 5. The van der Waals surface area contributed by atoms with Crippen molar-refractivity contribution in [3.63, 3.8) is 0 Å². The van der Waals surface area contributed by atoms with E-state index in [4.69, 9.17) is 28.1 Å². The number of esters is 1. The summed E-state index contributed by atoms with van der Waals surface area (Å²) in [4.78, 5) is 41.0. The van der Waals surface area contributed by atoms with E-state index < -0.39 is 29.1 Å². The molecule has 0 bridgehead atoms. The third kappa shape index (κ3) is 5.03. The summed E-state index contributed by atoms with van der Waals surface area (Å²) >= 11 is 0. The molecule has 0 fully saturated rings. The number of hydrogen-bond donors (Lipinski definition) is 3. The molecule has 0 saturated carbocycles. The van der Waals surface area contributed by atoms with Gasteiger partial charge in [0.05, 0.1) is 39.2 Å². The van der Waals surface area contributed by atoms with Gasteiger partial charge in [0.15, 0.2) is 11.5 Å². The Balaban J connectivity index is 1.85. The van der Waals surface area contributed by atoms with Crippen LogP contribution in [0, 0.1) is 0 Å². The van der Waals surface area contributed by atoms with Crippen LogP contribution < -0.4 is 29.8 Å². The Kier molecular flexibility index (Phi) is 7.56. The molecule has 1 aliphatic heterocycles. The largest absolute Gasteiger partial charge is 0.506 e. The van der Waals surface area contributed by atoms with Crippen molar-refractivity contribution < 1.29 is 42.8 Å². The lowest BCUT2D eigenvalue weighted by Crippen LogP contribution is -2.28. The number of H-pyrrole nitrogens is 1. The number of carbonyl (C=O) groups excluding carboxylic acids is 2. The Morgan fingerprint density at radius 1 is 1.22 bits per heavy atom. The van der Waals surface area contributed by atoms with Crippen molar-refractivity contribution in [1.29, 1.82) is 0 Å². The van der Waals surface area contributed by atoms with E-state index in [-0.39, 0.29) is 54.7 Å². The number of pyridine rings is 1. The second kappa shape index (κ2) is 11.0. The van der Waals surface area contributed by atoms with Gasteiger partial charge in [-0.15, -0.1) is 0 Å². The van der Waals surface area contributed by atoms with Crippen LogP contribution in [0.4, 0.5) is 0 Å².